The van der Waals surface area contributed by atoms with Gasteiger partial charge in [0.05, 0.1) is 23.2 Å². The molecule has 1 aliphatic rings. The number of pyridine rings is 1. The Labute approximate surface area is 185 Å². The number of aromatic amines is 1. The molecule has 0 spiro atoms. The second-order valence-corrected chi connectivity index (χ2v) is 9.19. The zero-order chi connectivity index (χ0) is 23.0. The molecular weight excluding hydrogens is 408 g/mol. The number of hydrogen-bond acceptors (Lipinski definition) is 5. The van der Waals surface area contributed by atoms with E-state index in [0.717, 1.165) is 37.3 Å². The Bertz CT molecular complexity index is 1260. The van der Waals surface area contributed by atoms with E-state index in [2.05, 4.69) is 24.8 Å². The topological polar surface area (TPSA) is 115 Å². The van der Waals surface area contributed by atoms with E-state index in [-0.39, 0.29) is 40.9 Å². The van der Waals surface area contributed by atoms with Gasteiger partial charge in [0.2, 0.25) is 0 Å². The van der Waals surface area contributed by atoms with Gasteiger partial charge in [0.25, 0.3) is 11.5 Å². The van der Waals surface area contributed by atoms with E-state index in [9.17, 15) is 14.4 Å². The predicted octanol–water partition coefficient (Wildman–Crippen LogP) is 2.33. The van der Waals surface area contributed by atoms with Crippen molar-refractivity contribution in [2.45, 2.75) is 72.5 Å². The van der Waals surface area contributed by atoms with Crippen LogP contribution in [0.4, 0.5) is 0 Å². The van der Waals surface area contributed by atoms with Crippen LogP contribution in [0.3, 0.4) is 0 Å². The Morgan fingerprint density at radius 1 is 1.19 bits per heavy atom. The smallest absolute Gasteiger partial charge is 0.330 e. The maximum atomic E-state index is 13.2. The lowest BCUT2D eigenvalue weighted by Gasteiger charge is -2.15. The Kier molecular flexibility index (Phi) is 5.99. The van der Waals surface area contributed by atoms with Crippen molar-refractivity contribution in [1.82, 2.24) is 29.4 Å². The summed E-state index contributed by atoms with van der Waals surface area (Å²) in [6.07, 6.45) is 5.19. The molecule has 1 amide bonds. The number of H-pyrrole nitrogens is 1. The van der Waals surface area contributed by atoms with Crippen molar-refractivity contribution in [2.75, 3.05) is 0 Å². The van der Waals surface area contributed by atoms with E-state index < -0.39 is 11.2 Å². The molecule has 4 heterocycles. The van der Waals surface area contributed by atoms with Crippen LogP contribution >= 0.6 is 0 Å². The van der Waals surface area contributed by atoms with Crippen molar-refractivity contribution in [3.05, 3.63) is 55.9 Å². The first kappa shape index (κ1) is 22.0. The zero-order valence-corrected chi connectivity index (χ0v) is 19.1. The summed E-state index contributed by atoms with van der Waals surface area (Å²) in [6.45, 7) is 9.49. The fourth-order valence-electron chi connectivity index (χ4n) is 4.13. The molecule has 9 heteroatoms. The monoisotopic (exact) mass is 438 g/mol. The number of rotatable bonds is 6. The first-order valence-electron chi connectivity index (χ1n) is 11.3. The van der Waals surface area contributed by atoms with Gasteiger partial charge in [0.1, 0.15) is 5.82 Å². The summed E-state index contributed by atoms with van der Waals surface area (Å²) in [5, 5.41) is 3.04. The molecule has 3 aromatic rings. The predicted molar refractivity (Wildman–Crippen MR) is 122 cm³/mol. The number of fused-ring (bicyclic) bond motifs is 2. The Morgan fingerprint density at radius 2 is 1.97 bits per heavy atom. The van der Waals surface area contributed by atoms with Gasteiger partial charge in [-0.15, -0.1) is 0 Å². The molecule has 170 valence electrons. The highest BCUT2D eigenvalue weighted by atomic mass is 16.2. The molecule has 4 rings (SSSR count). The van der Waals surface area contributed by atoms with Crippen molar-refractivity contribution >= 4 is 16.9 Å². The van der Waals surface area contributed by atoms with Gasteiger partial charge in [-0.05, 0) is 30.7 Å². The first-order chi connectivity index (χ1) is 15.2. The van der Waals surface area contributed by atoms with Crippen LogP contribution in [0.5, 0.6) is 0 Å². The Morgan fingerprint density at radius 3 is 2.66 bits per heavy atom. The summed E-state index contributed by atoms with van der Waals surface area (Å²) in [4.78, 5) is 50.0. The van der Waals surface area contributed by atoms with Gasteiger partial charge in [-0.1, -0.05) is 27.7 Å². The molecule has 2 N–H and O–H groups in total. The van der Waals surface area contributed by atoms with Gasteiger partial charge in [-0.25, -0.2) is 14.8 Å². The van der Waals surface area contributed by atoms with Gasteiger partial charge in [0.15, 0.2) is 5.65 Å². The van der Waals surface area contributed by atoms with Crippen molar-refractivity contribution < 1.29 is 4.79 Å². The fourth-order valence-corrected chi connectivity index (χ4v) is 4.13. The summed E-state index contributed by atoms with van der Waals surface area (Å²) in [6, 6.07) is 1.65. The maximum Gasteiger partial charge on any atom is 0.330 e. The summed E-state index contributed by atoms with van der Waals surface area (Å²) < 4.78 is 3.59. The maximum absolute atomic E-state index is 13.2. The minimum atomic E-state index is -0.601. The SMILES string of the molecule is CC(C)Cn1c(=O)[nH]c(=O)c2c(C(=O)NCc3cn4c(n3)CCCC4)cc(C(C)C)nc21. The second-order valence-electron chi connectivity index (χ2n) is 9.19. The average molecular weight is 439 g/mol. The van der Waals surface area contributed by atoms with E-state index in [1.54, 1.807) is 6.07 Å². The minimum absolute atomic E-state index is 0.0210. The molecule has 9 nitrogen and oxygen atoms in total. The molecule has 0 aromatic carbocycles. The Balaban J connectivity index is 1.74. The molecule has 0 bridgehead atoms. The minimum Gasteiger partial charge on any atom is -0.346 e. The fraction of sp³-hybridized carbons (Fsp3) is 0.522. The van der Waals surface area contributed by atoms with Crippen molar-refractivity contribution in [3.63, 3.8) is 0 Å². The van der Waals surface area contributed by atoms with E-state index in [0.29, 0.717) is 12.2 Å². The highest BCUT2D eigenvalue weighted by Crippen LogP contribution is 2.20. The third-order valence-corrected chi connectivity index (χ3v) is 5.74. The number of hydrogen-bond donors (Lipinski definition) is 2. The number of amides is 1. The van der Waals surface area contributed by atoms with Crippen LogP contribution < -0.4 is 16.6 Å². The lowest BCUT2D eigenvalue weighted by Crippen LogP contribution is -2.34. The largest absolute Gasteiger partial charge is 0.346 e. The molecule has 0 unspecified atom stereocenters. The molecule has 3 aromatic heterocycles. The van der Waals surface area contributed by atoms with Gasteiger partial charge < -0.3 is 9.88 Å². The molecule has 0 fully saturated rings. The molecule has 0 saturated heterocycles. The summed E-state index contributed by atoms with van der Waals surface area (Å²) in [7, 11) is 0. The third-order valence-electron chi connectivity index (χ3n) is 5.74. The van der Waals surface area contributed by atoms with Crippen LogP contribution in [0, 0.1) is 5.92 Å². The van der Waals surface area contributed by atoms with E-state index in [1.807, 2.05) is 33.9 Å². The lowest BCUT2D eigenvalue weighted by atomic mass is 10.0. The molecule has 32 heavy (non-hydrogen) atoms. The quantitative estimate of drug-likeness (QED) is 0.613. The van der Waals surface area contributed by atoms with Gasteiger partial charge in [-0.2, -0.15) is 0 Å². The normalized spacial score (nSPS) is 13.7. The van der Waals surface area contributed by atoms with E-state index in [1.165, 1.54) is 4.57 Å². The van der Waals surface area contributed by atoms with Crippen LogP contribution in [0.2, 0.25) is 0 Å². The zero-order valence-electron chi connectivity index (χ0n) is 19.1. The number of aryl methyl sites for hydroxylation is 2. The van der Waals surface area contributed by atoms with E-state index >= 15 is 0 Å². The van der Waals surface area contributed by atoms with Crippen LogP contribution in [-0.2, 0) is 26.1 Å². The van der Waals surface area contributed by atoms with Gasteiger partial charge in [0, 0.05) is 31.4 Å². The van der Waals surface area contributed by atoms with Gasteiger partial charge in [-0.3, -0.25) is 19.1 Å². The summed E-state index contributed by atoms with van der Waals surface area (Å²) in [5.41, 5.74) is 0.809. The molecule has 0 saturated carbocycles. The van der Waals surface area contributed by atoms with Crippen molar-refractivity contribution in [1.29, 1.82) is 0 Å². The lowest BCUT2D eigenvalue weighted by molar-refractivity contribution is 0.0951. The number of carbonyl (C=O) groups is 1. The van der Waals surface area contributed by atoms with Crippen LogP contribution in [-0.4, -0.2) is 30.0 Å². The molecule has 0 aliphatic carbocycles. The standard InChI is InChI=1S/C23H30N6O3/c1-13(2)11-29-20-19(22(31)27-23(29)32)16(9-17(26-20)14(3)4)21(30)24-10-15-12-28-8-6-5-7-18(28)25-15/h9,12-14H,5-8,10-11H2,1-4H3,(H,24,30)(H,27,31,32). The third kappa shape index (κ3) is 4.24. The average Bonchev–Trinajstić information content (AvgIpc) is 3.16. The van der Waals surface area contributed by atoms with Crippen molar-refractivity contribution in [2.24, 2.45) is 5.92 Å². The Hall–Kier alpha value is -3.23. The molecular formula is C23H30N6O3. The number of nitrogens with zero attached hydrogens (tertiary/aromatic N) is 4. The molecule has 1 aliphatic heterocycles. The molecule has 0 atom stereocenters. The van der Waals surface area contributed by atoms with Gasteiger partial charge >= 0.3 is 5.69 Å². The van der Waals surface area contributed by atoms with Crippen LogP contribution in [0.25, 0.3) is 11.0 Å². The number of nitrogens with one attached hydrogen (secondary N) is 2. The number of imidazole rings is 1. The van der Waals surface area contributed by atoms with Crippen molar-refractivity contribution in [3.8, 4) is 0 Å². The highest BCUT2D eigenvalue weighted by Gasteiger charge is 2.21. The second kappa shape index (κ2) is 8.72. The van der Waals surface area contributed by atoms with Crippen LogP contribution in [0.1, 0.15) is 74.0 Å². The summed E-state index contributed by atoms with van der Waals surface area (Å²) in [5.74, 6) is 0.847. The first-order valence-corrected chi connectivity index (χ1v) is 11.3. The molecule has 0 radical (unpaired) electrons. The summed E-state index contributed by atoms with van der Waals surface area (Å²) >= 11 is 0. The number of carbonyl (C=O) groups excluding carboxylic acids is 1. The highest BCUT2D eigenvalue weighted by molar-refractivity contribution is 6.05. The van der Waals surface area contributed by atoms with Crippen LogP contribution in [0.15, 0.2) is 21.9 Å². The number of aromatic nitrogens is 5. The van der Waals surface area contributed by atoms with E-state index in [4.69, 9.17) is 0 Å².